The van der Waals surface area contributed by atoms with Crippen molar-refractivity contribution >= 4 is 23.5 Å². The normalized spacial score (nSPS) is 20.5. The van der Waals surface area contributed by atoms with Crippen LogP contribution < -0.4 is 9.80 Å². The zero-order chi connectivity index (χ0) is 23.7. The number of hydrogen-bond acceptors (Lipinski definition) is 5. The van der Waals surface area contributed by atoms with Crippen LogP contribution in [-0.2, 0) is 9.53 Å². The fourth-order valence-electron chi connectivity index (χ4n) is 5.01. The topological polar surface area (TPSA) is 86.2 Å². The van der Waals surface area contributed by atoms with Gasteiger partial charge in [0.15, 0.2) is 0 Å². The van der Waals surface area contributed by atoms with Gasteiger partial charge in [-0.1, -0.05) is 6.07 Å². The fourth-order valence-corrected chi connectivity index (χ4v) is 5.01. The third-order valence-corrected chi connectivity index (χ3v) is 6.52. The van der Waals surface area contributed by atoms with Gasteiger partial charge in [0.1, 0.15) is 5.82 Å². The second-order valence-corrected chi connectivity index (χ2v) is 9.05. The number of hydrogen-bond donors (Lipinski definition) is 1. The van der Waals surface area contributed by atoms with Crippen LogP contribution in [0.3, 0.4) is 0 Å². The standard InChI is InChI=1S/C25H32N4O4/c1-16(2)28(25(31)32)23-13-17(3)29(18(4)30)22-7-5-19(14-21(22)23)20-6-8-24(26-15-20)27-9-11-33-12-10-27/h5-8,14-17,23H,9-13H2,1-4H3,(H,31,32)/t17-,23+/m0/s1. The summed E-state index contributed by atoms with van der Waals surface area (Å²) in [5, 5.41) is 9.95. The lowest BCUT2D eigenvalue weighted by atomic mass is 9.88. The number of carboxylic acid groups (broad SMARTS) is 1. The van der Waals surface area contributed by atoms with E-state index in [0.29, 0.717) is 19.6 Å². The maximum Gasteiger partial charge on any atom is 0.408 e. The first-order chi connectivity index (χ1) is 15.8. The quantitative estimate of drug-likeness (QED) is 0.750. The molecule has 8 nitrogen and oxygen atoms in total. The average molecular weight is 453 g/mol. The Labute approximate surface area is 194 Å². The van der Waals surface area contributed by atoms with Crippen LogP contribution in [0.25, 0.3) is 11.1 Å². The highest BCUT2D eigenvalue weighted by molar-refractivity contribution is 5.94. The van der Waals surface area contributed by atoms with Crippen LogP contribution in [-0.4, -0.2) is 65.4 Å². The predicted molar refractivity (Wildman–Crippen MR) is 128 cm³/mol. The number of anilines is 2. The number of carbonyl (C=O) groups excluding carboxylic acids is 1. The summed E-state index contributed by atoms with van der Waals surface area (Å²) in [7, 11) is 0. The zero-order valence-electron chi connectivity index (χ0n) is 19.7. The van der Waals surface area contributed by atoms with E-state index in [1.54, 1.807) is 11.8 Å². The Bertz CT molecular complexity index is 1020. The van der Waals surface area contributed by atoms with Gasteiger partial charge in [0.2, 0.25) is 5.91 Å². The van der Waals surface area contributed by atoms with Crippen molar-refractivity contribution in [1.29, 1.82) is 0 Å². The van der Waals surface area contributed by atoms with Crippen LogP contribution >= 0.6 is 0 Å². The third-order valence-electron chi connectivity index (χ3n) is 6.52. The van der Waals surface area contributed by atoms with Gasteiger partial charge in [-0.3, -0.25) is 9.69 Å². The molecule has 176 valence electrons. The van der Waals surface area contributed by atoms with Crippen LogP contribution in [0.1, 0.15) is 45.7 Å². The fraction of sp³-hybridized carbons (Fsp3) is 0.480. The number of aromatic nitrogens is 1. The Morgan fingerprint density at radius 1 is 1.15 bits per heavy atom. The van der Waals surface area contributed by atoms with E-state index >= 15 is 0 Å². The Kier molecular flexibility index (Phi) is 6.56. The van der Waals surface area contributed by atoms with Gasteiger partial charge in [-0.15, -0.1) is 0 Å². The minimum atomic E-state index is -0.952. The number of rotatable bonds is 4. The summed E-state index contributed by atoms with van der Waals surface area (Å²) in [6, 6.07) is 9.38. The van der Waals surface area contributed by atoms with Crippen LogP contribution in [0.5, 0.6) is 0 Å². The van der Waals surface area contributed by atoms with Crippen LogP contribution in [0, 0.1) is 0 Å². The van der Waals surface area contributed by atoms with Crippen molar-refractivity contribution in [3.8, 4) is 11.1 Å². The smallest absolute Gasteiger partial charge is 0.408 e. The summed E-state index contributed by atoms with van der Waals surface area (Å²) in [6.45, 7) is 10.4. The summed E-state index contributed by atoms with van der Waals surface area (Å²) >= 11 is 0. The van der Waals surface area contributed by atoms with Gasteiger partial charge in [0.25, 0.3) is 0 Å². The van der Waals surface area contributed by atoms with Crippen molar-refractivity contribution in [2.75, 3.05) is 36.1 Å². The Morgan fingerprint density at radius 2 is 1.85 bits per heavy atom. The highest BCUT2D eigenvalue weighted by Gasteiger charge is 2.38. The first-order valence-corrected chi connectivity index (χ1v) is 11.5. The van der Waals surface area contributed by atoms with Crippen molar-refractivity contribution in [3.63, 3.8) is 0 Å². The summed E-state index contributed by atoms with van der Waals surface area (Å²) in [4.78, 5) is 34.7. The molecule has 1 aromatic heterocycles. The highest BCUT2D eigenvalue weighted by atomic mass is 16.5. The number of nitrogens with zero attached hydrogens (tertiary/aromatic N) is 4. The van der Waals surface area contributed by atoms with E-state index in [-0.39, 0.29) is 24.0 Å². The Balaban J connectivity index is 1.73. The minimum Gasteiger partial charge on any atom is -0.465 e. The molecule has 33 heavy (non-hydrogen) atoms. The van der Waals surface area contributed by atoms with Crippen LogP contribution in [0.4, 0.5) is 16.3 Å². The number of pyridine rings is 1. The molecule has 1 N–H and O–H groups in total. The number of morpholine rings is 1. The molecule has 0 radical (unpaired) electrons. The number of benzene rings is 1. The van der Waals surface area contributed by atoms with Gasteiger partial charge >= 0.3 is 6.09 Å². The SMILES string of the molecule is CC(=O)N1c2ccc(-c3ccc(N4CCOCC4)nc3)cc2[C@H](N(C(=O)O)C(C)C)C[C@@H]1C. The molecule has 1 fully saturated rings. The van der Waals surface area contributed by atoms with E-state index in [1.807, 2.05) is 57.3 Å². The molecule has 2 amide bonds. The molecule has 8 heteroatoms. The van der Waals surface area contributed by atoms with E-state index in [2.05, 4.69) is 9.88 Å². The Morgan fingerprint density at radius 3 is 2.42 bits per heavy atom. The summed E-state index contributed by atoms with van der Waals surface area (Å²) in [6.07, 6.45) is 1.45. The van der Waals surface area contributed by atoms with Gasteiger partial charge in [0, 0.05) is 49.5 Å². The summed E-state index contributed by atoms with van der Waals surface area (Å²) in [5.74, 6) is 0.879. The lowest BCUT2D eigenvalue weighted by Gasteiger charge is -2.43. The van der Waals surface area contributed by atoms with E-state index in [1.165, 1.54) is 4.90 Å². The summed E-state index contributed by atoms with van der Waals surface area (Å²) in [5.41, 5.74) is 3.54. The molecule has 1 aromatic carbocycles. The molecule has 1 saturated heterocycles. The lowest BCUT2D eigenvalue weighted by Crippen LogP contribution is -2.48. The zero-order valence-corrected chi connectivity index (χ0v) is 19.7. The average Bonchev–Trinajstić information content (AvgIpc) is 2.79. The van der Waals surface area contributed by atoms with E-state index < -0.39 is 6.09 Å². The second kappa shape index (κ2) is 9.39. The van der Waals surface area contributed by atoms with Gasteiger partial charge < -0.3 is 19.6 Å². The molecule has 0 unspecified atom stereocenters. The number of carbonyl (C=O) groups is 2. The number of ether oxygens (including phenoxy) is 1. The van der Waals surface area contributed by atoms with E-state index in [4.69, 9.17) is 4.74 Å². The maximum absolute atomic E-state index is 12.4. The summed E-state index contributed by atoms with van der Waals surface area (Å²) < 4.78 is 5.42. The molecule has 2 aromatic rings. The van der Waals surface area contributed by atoms with E-state index in [0.717, 1.165) is 41.3 Å². The molecular weight excluding hydrogens is 420 g/mol. The second-order valence-electron chi connectivity index (χ2n) is 9.05. The molecule has 0 bridgehead atoms. The van der Waals surface area contributed by atoms with Crippen molar-refractivity contribution in [3.05, 3.63) is 42.1 Å². The minimum absolute atomic E-state index is 0.0436. The van der Waals surface area contributed by atoms with Gasteiger partial charge in [-0.2, -0.15) is 0 Å². The van der Waals surface area contributed by atoms with Crippen LogP contribution in [0.15, 0.2) is 36.5 Å². The molecule has 2 aliphatic rings. The van der Waals surface area contributed by atoms with Crippen molar-refractivity contribution < 1.29 is 19.4 Å². The number of fused-ring (bicyclic) bond motifs is 1. The first kappa shape index (κ1) is 23.0. The lowest BCUT2D eigenvalue weighted by molar-refractivity contribution is -0.117. The monoisotopic (exact) mass is 452 g/mol. The van der Waals surface area contributed by atoms with Crippen molar-refractivity contribution in [1.82, 2.24) is 9.88 Å². The maximum atomic E-state index is 12.4. The molecule has 2 aliphatic heterocycles. The molecular formula is C25H32N4O4. The molecule has 0 spiro atoms. The molecule has 3 heterocycles. The van der Waals surface area contributed by atoms with E-state index in [9.17, 15) is 14.7 Å². The van der Waals surface area contributed by atoms with Crippen molar-refractivity contribution in [2.24, 2.45) is 0 Å². The number of amides is 2. The molecule has 2 atom stereocenters. The highest BCUT2D eigenvalue weighted by Crippen LogP contribution is 2.43. The van der Waals surface area contributed by atoms with Gasteiger partial charge in [-0.05, 0) is 62.6 Å². The Hall–Kier alpha value is -3.13. The molecule has 0 saturated carbocycles. The van der Waals surface area contributed by atoms with Crippen LogP contribution in [0.2, 0.25) is 0 Å². The van der Waals surface area contributed by atoms with Gasteiger partial charge in [-0.25, -0.2) is 9.78 Å². The van der Waals surface area contributed by atoms with Gasteiger partial charge in [0.05, 0.1) is 19.3 Å². The third kappa shape index (κ3) is 4.53. The largest absolute Gasteiger partial charge is 0.465 e. The molecule has 0 aliphatic carbocycles. The molecule has 4 rings (SSSR count). The van der Waals surface area contributed by atoms with Crippen molar-refractivity contribution in [2.45, 2.75) is 52.2 Å². The predicted octanol–water partition coefficient (Wildman–Crippen LogP) is 4.16. The first-order valence-electron chi connectivity index (χ1n) is 11.5.